The minimum absolute atomic E-state index is 0.0774. The molecule has 0 aromatic heterocycles. The Morgan fingerprint density at radius 1 is 1.50 bits per heavy atom. The van der Waals surface area contributed by atoms with Crippen molar-refractivity contribution < 1.29 is 13.9 Å². The van der Waals surface area contributed by atoms with E-state index in [1.165, 1.54) is 13.0 Å². The fourth-order valence-corrected chi connectivity index (χ4v) is 1.36. The van der Waals surface area contributed by atoms with Crippen LogP contribution >= 0.6 is 0 Å². The second-order valence-electron chi connectivity index (χ2n) is 3.43. The predicted octanol–water partition coefficient (Wildman–Crippen LogP) is 1.90. The second-order valence-corrected chi connectivity index (χ2v) is 3.43. The van der Waals surface area contributed by atoms with E-state index in [-0.39, 0.29) is 17.5 Å². The van der Waals surface area contributed by atoms with Crippen molar-refractivity contribution in [1.82, 2.24) is 5.32 Å². The van der Waals surface area contributed by atoms with Crippen molar-refractivity contribution in [3.05, 3.63) is 29.6 Å². The maximum Gasteiger partial charge on any atom is 0.216 e. The Bertz CT molecular complexity index is 366. The smallest absolute Gasteiger partial charge is 0.216 e. The van der Waals surface area contributed by atoms with Crippen LogP contribution in [0.3, 0.4) is 0 Å². The molecule has 0 aliphatic rings. The van der Waals surface area contributed by atoms with Crippen LogP contribution in [0.2, 0.25) is 0 Å². The van der Waals surface area contributed by atoms with Crippen molar-refractivity contribution in [2.75, 3.05) is 13.2 Å². The molecule has 1 aromatic rings. The minimum Gasteiger partial charge on any atom is -0.491 e. The Hall–Kier alpha value is -1.58. The molecule has 0 heterocycles. The molecule has 0 unspecified atom stereocenters. The SMILES string of the molecule is CCOc1ccc(CCNC(C)=O)cc1F. The number of nitrogens with one attached hydrogen (secondary N) is 1. The Morgan fingerprint density at radius 2 is 2.25 bits per heavy atom. The van der Waals surface area contributed by atoms with Crippen LogP contribution in [0.1, 0.15) is 19.4 Å². The first-order chi connectivity index (χ1) is 7.63. The van der Waals surface area contributed by atoms with Crippen LogP contribution < -0.4 is 10.1 Å². The van der Waals surface area contributed by atoms with E-state index in [2.05, 4.69) is 5.32 Å². The Kier molecular flexibility index (Phi) is 4.76. The zero-order chi connectivity index (χ0) is 12.0. The van der Waals surface area contributed by atoms with Gasteiger partial charge in [0.2, 0.25) is 5.91 Å². The van der Waals surface area contributed by atoms with E-state index in [9.17, 15) is 9.18 Å². The number of halogens is 1. The molecule has 0 aliphatic heterocycles. The van der Waals surface area contributed by atoms with Gasteiger partial charge in [-0.3, -0.25) is 4.79 Å². The van der Waals surface area contributed by atoms with Gasteiger partial charge in [0.05, 0.1) is 6.61 Å². The lowest BCUT2D eigenvalue weighted by Gasteiger charge is -2.07. The first-order valence-corrected chi connectivity index (χ1v) is 5.29. The van der Waals surface area contributed by atoms with E-state index in [1.54, 1.807) is 12.1 Å². The van der Waals surface area contributed by atoms with Gasteiger partial charge >= 0.3 is 0 Å². The molecule has 4 heteroatoms. The third-order valence-corrected chi connectivity index (χ3v) is 2.08. The summed E-state index contributed by atoms with van der Waals surface area (Å²) >= 11 is 0. The molecule has 0 aliphatic carbocycles. The van der Waals surface area contributed by atoms with Gasteiger partial charge in [-0.05, 0) is 31.0 Å². The molecule has 88 valence electrons. The highest BCUT2D eigenvalue weighted by atomic mass is 19.1. The van der Waals surface area contributed by atoms with Gasteiger partial charge in [0.1, 0.15) is 0 Å². The molecular formula is C12H16FNO2. The lowest BCUT2D eigenvalue weighted by molar-refractivity contribution is -0.118. The van der Waals surface area contributed by atoms with Crippen molar-refractivity contribution in [3.8, 4) is 5.75 Å². The van der Waals surface area contributed by atoms with E-state index in [0.29, 0.717) is 19.6 Å². The molecule has 1 N–H and O–H groups in total. The van der Waals surface area contributed by atoms with Crippen molar-refractivity contribution in [2.45, 2.75) is 20.3 Å². The number of carbonyl (C=O) groups is 1. The van der Waals surface area contributed by atoms with Crippen LogP contribution in [0, 0.1) is 5.82 Å². The monoisotopic (exact) mass is 225 g/mol. The Morgan fingerprint density at radius 3 is 2.81 bits per heavy atom. The summed E-state index contributed by atoms with van der Waals surface area (Å²) in [5, 5.41) is 2.66. The first-order valence-electron chi connectivity index (χ1n) is 5.29. The summed E-state index contributed by atoms with van der Waals surface area (Å²) in [6.45, 7) is 4.23. The third-order valence-electron chi connectivity index (χ3n) is 2.08. The summed E-state index contributed by atoms with van der Waals surface area (Å²) in [7, 11) is 0. The molecule has 0 bridgehead atoms. The molecule has 0 radical (unpaired) electrons. The molecule has 0 saturated heterocycles. The highest BCUT2D eigenvalue weighted by Gasteiger charge is 2.04. The quantitative estimate of drug-likeness (QED) is 0.831. The number of rotatable bonds is 5. The molecular weight excluding hydrogens is 209 g/mol. The number of amides is 1. The standard InChI is InChI=1S/C12H16FNO2/c1-3-16-12-5-4-10(8-11(12)13)6-7-14-9(2)15/h4-5,8H,3,6-7H2,1-2H3,(H,14,15). The summed E-state index contributed by atoms with van der Waals surface area (Å²) in [5.74, 6) is -0.167. The van der Waals surface area contributed by atoms with Gasteiger partial charge in [-0.1, -0.05) is 6.07 Å². The van der Waals surface area contributed by atoms with Crippen molar-refractivity contribution in [1.29, 1.82) is 0 Å². The molecule has 1 aromatic carbocycles. The van der Waals surface area contributed by atoms with Crippen LogP contribution in [0.5, 0.6) is 5.75 Å². The zero-order valence-electron chi connectivity index (χ0n) is 9.55. The zero-order valence-corrected chi connectivity index (χ0v) is 9.55. The van der Waals surface area contributed by atoms with Gasteiger partial charge in [0.15, 0.2) is 11.6 Å². The van der Waals surface area contributed by atoms with E-state index in [4.69, 9.17) is 4.74 Å². The van der Waals surface area contributed by atoms with Crippen LogP contribution in [0.15, 0.2) is 18.2 Å². The maximum atomic E-state index is 13.4. The van der Waals surface area contributed by atoms with E-state index >= 15 is 0 Å². The molecule has 1 rings (SSSR count). The van der Waals surface area contributed by atoms with Crippen LogP contribution in [-0.4, -0.2) is 19.1 Å². The van der Waals surface area contributed by atoms with Gasteiger partial charge in [-0.15, -0.1) is 0 Å². The summed E-state index contributed by atoms with van der Waals surface area (Å²) < 4.78 is 18.5. The highest BCUT2D eigenvalue weighted by molar-refractivity contribution is 5.72. The Balaban J connectivity index is 2.55. The lowest BCUT2D eigenvalue weighted by atomic mass is 10.1. The summed E-state index contributed by atoms with van der Waals surface area (Å²) in [6, 6.07) is 4.85. The number of hydrogen-bond donors (Lipinski definition) is 1. The van der Waals surface area contributed by atoms with Crippen molar-refractivity contribution in [3.63, 3.8) is 0 Å². The molecule has 3 nitrogen and oxygen atoms in total. The largest absolute Gasteiger partial charge is 0.491 e. The van der Waals surface area contributed by atoms with Crippen molar-refractivity contribution in [2.24, 2.45) is 0 Å². The number of hydrogen-bond acceptors (Lipinski definition) is 2. The number of ether oxygens (including phenoxy) is 1. The molecule has 0 saturated carbocycles. The van der Waals surface area contributed by atoms with E-state index < -0.39 is 0 Å². The van der Waals surface area contributed by atoms with Crippen molar-refractivity contribution >= 4 is 5.91 Å². The highest BCUT2D eigenvalue weighted by Crippen LogP contribution is 2.18. The fourth-order valence-electron chi connectivity index (χ4n) is 1.36. The fraction of sp³-hybridized carbons (Fsp3) is 0.417. The number of carbonyl (C=O) groups excluding carboxylic acids is 1. The van der Waals surface area contributed by atoms with Crippen LogP contribution in [0.25, 0.3) is 0 Å². The summed E-state index contributed by atoms with van der Waals surface area (Å²) in [4.78, 5) is 10.6. The second kappa shape index (κ2) is 6.10. The van der Waals surface area contributed by atoms with Gasteiger partial charge < -0.3 is 10.1 Å². The molecule has 0 spiro atoms. The Labute approximate surface area is 94.6 Å². The summed E-state index contributed by atoms with van der Waals surface area (Å²) in [5.41, 5.74) is 0.842. The molecule has 16 heavy (non-hydrogen) atoms. The third kappa shape index (κ3) is 3.88. The lowest BCUT2D eigenvalue weighted by Crippen LogP contribution is -2.22. The molecule has 0 atom stereocenters. The van der Waals surface area contributed by atoms with Gasteiger partial charge in [0, 0.05) is 13.5 Å². The summed E-state index contributed by atoms with van der Waals surface area (Å²) in [6.07, 6.45) is 0.614. The van der Waals surface area contributed by atoms with Gasteiger partial charge in [0.25, 0.3) is 0 Å². The molecule has 1 amide bonds. The topological polar surface area (TPSA) is 38.3 Å². The first kappa shape index (κ1) is 12.5. The average Bonchev–Trinajstić information content (AvgIpc) is 2.21. The maximum absolute atomic E-state index is 13.4. The van der Waals surface area contributed by atoms with E-state index in [0.717, 1.165) is 5.56 Å². The van der Waals surface area contributed by atoms with Gasteiger partial charge in [-0.25, -0.2) is 4.39 Å². The number of benzene rings is 1. The minimum atomic E-state index is -0.359. The average molecular weight is 225 g/mol. The van der Waals surface area contributed by atoms with Gasteiger partial charge in [-0.2, -0.15) is 0 Å². The van der Waals surface area contributed by atoms with E-state index in [1.807, 2.05) is 6.92 Å². The van der Waals surface area contributed by atoms with Crippen LogP contribution in [-0.2, 0) is 11.2 Å². The molecule has 0 fully saturated rings. The normalized spacial score (nSPS) is 9.94. The predicted molar refractivity (Wildman–Crippen MR) is 60.0 cm³/mol. The van der Waals surface area contributed by atoms with Crippen LogP contribution in [0.4, 0.5) is 4.39 Å².